The van der Waals surface area contributed by atoms with Gasteiger partial charge in [-0.3, -0.25) is 14.9 Å². The molecule has 8 heteroatoms. The van der Waals surface area contributed by atoms with E-state index in [1.54, 1.807) is 0 Å². The molecule has 1 aromatic carbocycles. The summed E-state index contributed by atoms with van der Waals surface area (Å²) in [6.07, 6.45) is -4.60. The molecule has 1 unspecified atom stereocenters. The average molecular weight is 301 g/mol. The Hall–Kier alpha value is -2.09. The van der Waals surface area contributed by atoms with Gasteiger partial charge in [0.05, 0.1) is 17.8 Å². The number of amides is 2. The lowest BCUT2D eigenvalue weighted by molar-refractivity contribution is -0.138. The number of rotatable bonds is 2. The lowest BCUT2D eigenvalue weighted by Crippen LogP contribution is -2.57. The van der Waals surface area contributed by atoms with E-state index < -0.39 is 29.6 Å². The van der Waals surface area contributed by atoms with Gasteiger partial charge in [0.15, 0.2) is 0 Å². The van der Waals surface area contributed by atoms with Crippen LogP contribution >= 0.6 is 0 Å². The van der Waals surface area contributed by atoms with Crippen LogP contribution in [0.1, 0.15) is 18.1 Å². The van der Waals surface area contributed by atoms with Crippen LogP contribution in [0.4, 0.5) is 18.9 Å². The van der Waals surface area contributed by atoms with Gasteiger partial charge in [0.2, 0.25) is 11.8 Å². The van der Waals surface area contributed by atoms with Crippen molar-refractivity contribution in [3.05, 3.63) is 29.3 Å². The van der Waals surface area contributed by atoms with Crippen molar-refractivity contribution in [3.8, 4) is 0 Å². The third kappa shape index (κ3) is 2.99. The molecule has 1 fully saturated rings. The summed E-state index contributed by atoms with van der Waals surface area (Å²) in [5, 5.41) is 2.09. The molecule has 1 saturated heterocycles. The third-order valence-electron chi connectivity index (χ3n) is 3.34. The van der Waals surface area contributed by atoms with Gasteiger partial charge in [-0.1, -0.05) is 6.07 Å². The molecular weight excluding hydrogens is 287 g/mol. The number of piperazine rings is 1. The number of nitrogens with two attached hydrogens (primary N) is 1. The standard InChI is InChI=1S/C13H14F3N3O2/c1-7-12(21)18-11(20)6-19(7)10-3-2-8(5-17)4-9(10)13(14,15)16/h2-4,7H,5-6,17H2,1H3,(H,18,20,21). The zero-order chi connectivity index (χ0) is 15.8. The third-order valence-corrected chi connectivity index (χ3v) is 3.34. The summed E-state index contributed by atoms with van der Waals surface area (Å²) in [6, 6.07) is 2.77. The second kappa shape index (κ2) is 5.36. The van der Waals surface area contributed by atoms with Crippen molar-refractivity contribution in [2.24, 2.45) is 5.73 Å². The van der Waals surface area contributed by atoms with Gasteiger partial charge in [0.1, 0.15) is 6.04 Å². The summed E-state index contributed by atoms with van der Waals surface area (Å²) in [5.41, 5.74) is 4.59. The Balaban J connectivity index is 2.52. The monoisotopic (exact) mass is 301 g/mol. The Morgan fingerprint density at radius 2 is 2.05 bits per heavy atom. The predicted molar refractivity (Wildman–Crippen MR) is 69.3 cm³/mol. The van der Waals surface area contributed by atoms with E-state index in [1.165, 1.54) is 19.1 Å². The van der Waals surface area contributed by atoms with Crippen molar-refractivity contribution in [2.75, 3.05) is 11.4 Å². The molecule has 114 valence electrons. The Bertz CT molecular complexity index is 587. The van der Waals surface area contributed by atoms with Crippen LogP contribution in [0.3, 0.4) is 0 Å². The van der Waals surface area contributed by atoms with Crippen LogP contribution in [0.2, 0.25) is 0 Å². The summed E-state index contributed by atoms with van der Waals surface area (Å²) >= 11 is 0. The highest BCUT2D eigenvalue weighted by molar-refractivity contribution is 6.04. The van der Waals surface area contributed by atoms with Gasteiger partial charge in [0, 0.05) is 6.54 Å². The van der Waals surface area contributed by atoms with Gasteiger partial charge in [-0.05, 0) is 24.6 Å². The van der Waals surface area contributed by atoms with Gasteiger partial charge >= 0.3 is 6.18 Å². The molecule has 1 aromatic rings. The van der Waals surface area contributed by atoms with Gasteiger partial charge in [-0.15, -0.1) is 0 Å². The van der Waals surface area contributed by atoms with Gasteiger partial charge in [0.25, 0.3) is 0 Å². The number of imide groups is 1. The maximum atomic E-state index is 13.2. The van der Waals surface area contributed by atoms with Crippen LogP contribution in [-0.2, 0) is 22.3 Å². The smallest absolute Gasteiger partial charge is 0.350 e. The predicted octanol–water partition coefficient (Wildman–Crippen LogP) is 1.02. The van der Waals surface area contributed by atoms with Gasteiger partial charge in [-0.2, -0.15) is 13.2 Å². The molecule has 1 aliphatic rings. The van der Waals surface area contributed by atoms with Crippen LogP contribution in [0.5, 0.6) is 0 Å². The number of hydrogen-bond donors (Lipinski definition) is 2. The minimum atomic E-state index is -4.60. The Morgan fingerprint density at radius 1 is 1.38 bits per heavy atom. The largest absolute Gasteiger partial charge is 0.418 e. The molecular formula is C13H14F3N3O2. The molecule has 0 radical (unpaired) electrons. The van der Waals surface area contributed by atoms with Crippen LogP contribution < -0.4 is 16.0 Å². The summed E-state index contributed by atoms with van der Waals surface area (Å²) in [5.74, 6) is -1.25. The first-order valence-corrected chi connectivity index (χ1v) is 6.24. The topological polar surface area (TPSA) is 75.4 Å². The van der Waals surface area contributed by atoms with E-state index in [1.807, 2.05) is 0 Å². The van der Waals surface area contributed by atoms with E-state index in [0.29, 0.717) is 5.56 Å². The molecule has 0 bridgehead atoms. The molecule has 1 atom stereocenters. The lowest BCUT2D eigenvalue weighted by Gasteiger charge is -2.35. The molecule has 2 rings (SSSR count). The van der Waals surface area contributed by atoms with Crippen LogP contribution in [0.15, 0.2) is 18.2 Å². The fourth-order valence-electron chi connectivity index (χ4n) is 2.20. The van der Waals surface area contributed by atoms with Crippen LogP contribution in [0, 0.1) is 0 Å². The molecule has 1 heterocycles. The number of nitrogens with zero attached hydrogens (tertiary/aromatic N) is 1. The van der Waals surface area contributed by atoms with E-state index in [4.69, 9.17) is 5.73 Å². The molecule has 0 saturated carbocycles. The van der Waals surface area contributed by atoms with Gasteiger partial charge in [-0.25, -0.2) is 0 Å². The molecule has 0 aromatic heterocycles. The highest BCUT2D eigenvalue weighted by Gasteiger charge is 2.39. The van der Waals surface area contributed by atoms with Crippen LogP contribution in [0.25, 0.3) is 0 Å². The van der Waals surface area contributed by atoms with E-state index in [0.717, 1.165) is 11.0 Å². The Kier molecular flexibility index (Phi) is 3.91. The number of benzene rings is 1. The first-order chi connectivity index (χ1) is 9.74. The zero-order valence-electron chi connectivity index (χ0n) is 11.2. The zero-order valence-corrected chi connectivity index (χ0v) is 11.2. The number of nitrogens with one attached hydrogen (secondary N) is 1. The lowest BCUT2D eigenvalue weighted by atomic mass is 10.0. The van der Waals surface area contributed by atoms with Crippen LogP contribution in [-0.4, -0.2) is 24.4 Å². The summed E-state index contributed by atoms with van der Waals surface area (Å²) in [6.45, 7) is 1.11. The fourth-order valence-corrected chi connectivity index (χ4v) is 2.20. The number of carbonyl (C=O) groups is 2. The Labute approximate surface area is 118 Å². The molecule has 0 aliphatic carbocycles. The van der Waals surface area contributed by atoms with E-state index in [9.17, 15) is 22.8 Å². The average Bonchev–Trinajstić information content (AvgIpc) is 2.41. The Morgan fingerprint density at radius 3 is 2.62 bits per heavy atom. The summed E-state index contributed by atoms with van der Waals surface area (Å²) in [4.78, 5) is 24.2. The van der Waals surface area contributed by atoms with E-state index in [-0.39, 0.29) is 18.8 Å². The molecule has 3 N–H and O–H groups in total. The van der Waals surface area contributed by atoms with Crippen molar-refractivity contribution in [3.63, 3.8) is 0 Å². The van der Waals surface area contributed by atoms with Crippen molar-refractivity contribution in [1.29, 1.82) is 0 Å². The van der Waals surface area contributed by atoms with Crippen molar-refractivity contribution in [2.45, 2.75) is 25.7 Å². The second-order valence-electron chi connectivity index (χ2n) is 4.77. The minimum Gasteiger partial charge on any atom is -0.350 e. The first kappa shape index (κ1) is 15.3. The number of halogens is 3. The summed E-state index contributed by atoms with van der Waals surface area (Å²) < 4.78 is 39.6. The molecule has 2 amide bonds. The molecule has 21 heavy (non-hydrogen) atoms. The van der Waals surface area contributed by atoms with Gasteiger partial charge < -0.3 is 10.6 Å². The fraction of sp³-hybridized carbons (Fsp3) is 0.385. The van der Waals surface area contributed by atoms with Crippen molar-refractivity contribution < 1.29 is 22.8 Å². The minimum absolute atomic E-state index is 0.0294. The number of anilines is 1. The summed E-state index contributed by atoms with van der Waals surface area (Å²) in [7, 11) is 0. The molecule has 1 aliphatic heterocycles. The quantitative estimate of drug-likeness (QED) is 0.800. The molecule has 5 nitrogen and oxygen atoms in total. The van der Waals surface area contributed by atoms with E-state index >= 15 is 0 Å². The maximum Gasteiger partial charge on any atom is 0.418 e. The van der Waals surface area contributed by atoms with Crippen molar-refractivity contribution >= 4 is 17.5 Å². The van der Waals surface area contributed by atoms with E-state index in [2.05, 4.69) is 5.32 Å². The first-order valence-electron chi connectivity index (χ1n) is 6.24. The number of hydrogen-bond acceptors (Lipinski definition) is 4. The normalized spacial score (nSPS) is 19.7. The maximum absolute atomic E-state index is 13.2. The molecule has 0 spiro atoms. The number of alkyl halides is 3. The highest BCUT2D eigenvalue weighted by Crippen LogP contribution is 2.38. The van der Waals surface area contributed by atoms with Crippen molar-refractivity contribution in [1.82, 2.24) is 5.32 Å². The number of carbonyl (C=O) groups excluding carboxylic acids is 2. The second-order valence-corrected chi connectivity index (χ2v) is 4.77. The highest BCUT2D eigenvalue weighted by atomic mass is 19.4. The SMILES string of the molecule is CC1C(=O)NC(=O)CN1c1ccc(CN)cc1C(F)(F)F.